The molecule has 2 nitrogen and oxygen atoms in total. The Balaban J connectivity index is 4.06. The van der Waals surface area contributed by atoms with Crippen molar-refractivity contribution >= 4 is 21.8 Å². The van der Waals surface area contributed by atoms with Gasteiger partial charge in [0.05, 0.1) is 6.54 Å². The van der Waals surface area contributed by atoms with Gasteiger partial charge in [0.2, 0.25) is 0 Å². The number of aliphatic imine (C=N–C) groups is 1. The molecule has 0 aromatic carbocycles. The van der Waals surface area contributed by atoms with Crippen LogP contribution in [0.1, 0.15) is 27.2 Å². The maximum atomic E-state index is 5.62. The summed E-state index contributed by atoms with van der Waals surface area (Å²) >= 11 is 3.29. The molecule has 0 radical (unpaired) electrons. The summed E-state index contributed by atoms with van der Waals surface area (Å²) in [5, 5.41) is 0. The lowest BCUT2D eigenvalue weighted by Crippen LogP contribution is -2.08. The molecule has 0 amide bonds. The Labute approximate surface area is 88.7 Å². The van der Waals surface area contributed by atoms with Crippen molar-refractivity contribution in [3.05, 3.63) is 22.2 Å². The van der Waals surface area contributed by atoms with Gasteiger partial charge in [-0.05, 0) is 30.8 Å². The molecule has 0 rings (SSSR count). The Morgan fingerprint density at radius 1 is 1.46 bits per heavy atom. The van der Waals surface area contributed by atoms with Crippen LogP contribution in [-0.4, -0.2) is 12.4 Å². The van der Waals surface area contributed by atoms with Crippen LogP contribution in [0.25, 0.3) is 0 Å². The summed E-state index contributed by atoms with van der Waals surface area (Å²) in [5.74, 6) is 0.564. The summed E-state index contributed by atoms with van der Waals surface area (Å²) in [7, 11) is 0. The maximum absolute atomic E-state index is 5.62. The minimum absolute atomic E-state index is 0.564. The van der Waals surface area contributed by atoms with Crippen molar-refractivity contribution in [1.82, 2.24) is 0 Å². The number of hydrogen-bond donors (Lipinski definition) is 1. The van der Waals surface area contributed by atoms with Gasteiger partial charge >= 0.3 is 0 Å². The van der Waals surface area contributed by atoms with E-state index in [-0.39, 0.29) is 0 Å². The van der Waals surface area contributed by atoms with Crippen LogP contribution in [0.3, 0.4) is 0 Å². The molecule has 0 saturated heterocycles. The highest BCUT2D eigenvalue weighted by Crippen LogP contribution is 2.01. The molecule has 0 aromatic heterocycles. The average Bonchev–Trinajstić information content (AvgIpc) is 2.02. The van der Waals surface area contributed by atoms with Crippen molar-refractivity contribution in [1.29, 1.82) is 0 Å². The minimum atomic E-state index is 0.564. The number of allylic oxidation sites excluding steroid dienone is 2. The molecule has 13 heavy (non-hydrogen) atoms. The largest absolute Gasteiger partial charge is 0.384 e. The molecule has 3 heteroatoms. The van der Waals surface area contributed by atoms with Crippen LogP contribution >= 0.6 is 15.9 Å². The van der Waals surface area contributed by atoms with E-state index in [2.05, 4.69) is 40.8 Å². The molecule has 0 heterocycles. The van der Waals surface area contributed by atoms with Crippen molar-refractivity contribution < 1.29 is 0 Å². The zero-order chi connectivity index (χ0) is 10.3. The molecule has 0 aliphatic carbocycles. The van der Waals surface area contributed by atoms with E-state index >= 15 is 0 Å². The van der Waals surface area contributed by atoms with Gasteiger partial charge in [-0.3, -0.25) is 4.99 Å². The predicted octanol–water partition coefficient (Wildman–Crippen LogP) is 3.00. The summed E-state index contributed by atoms with van der Waals surface area (Å²) in [5.41, 5.74) is 6.96. The van der Waals surface area contributed by atoms with Crippen molar-refractivity contribution in [2.45, 2.75) is 27.2 Å². The smallest absolute Gasteiger partial charge is 0.119 e. The van der Waals surface area contributed by atoms with Gasteiger partial charge in [0.15, 0.2) is 0 Å². The molecule has 74 valence electrons. The van der Waals surface area contributed by atoms with Crippen molar-refractivity contribution in [3.63, 3.8) is 0 Å². The summed E-state index contributed by atoms with van der Waals surface area (Å²) in [4.78, 5) is 4.16. The Kier molecular flexibility index (Phi) is 6.59. The van der Waals surface area contributed by atoms with E-state index in [1.165, 1.54) is 5.57 Å². The first-order valence-corrected chi connectivity index (χ1v) is 5.15. The Hall–Kier alpha value is -0.570. The topological polar surface area (TPSA) is 38.4 Å². The lowest BCUT2D eigenvalue weighted by Gasteiger charge is -1.94. The minimum Gasteiger partial charge on any atom is -0.384 e. The van der Waals surface area contributed by atoms with Gasteiger partial charge < -0.3 is 5.73 Å². The number of rotatable bonds is 4. The van der Waals surface area contributed by atoms with E-state index in [4.69, 9.17) is 5.73 Å². The van der Waals surface area contributed by atoms with Crippen molar-refractivity contribution in [3.8, 4) is 0 Å². The maximum Gasteiger partial charge on any atom is 0.119 e. The third kappa shape index (κ3) is 7.78. The first-order valence-electron chi connectivity index (χ1n) is 4.35. The van der Waals surface area contributed by atoms with Gasteiger partial charge in [-0.2, -0.15) is 0 Å². The van der Waals surface area contributed by atoms with Gasteiger partial charge in [-0.1, -0.05) is 34.5 Å². The fourth-order valence-electron chi connectivity index (χ4n) is 0.701. The third-order valence-electron chi connectivity index (χ3n) is 1.62. The SMILES string of the molecule is CC/C(C)=C\C/N=C(N)\C=C(/C)Br. The number of nitrogens with zero attached hydrogens (tertiary/aromatic N) is 1. The fraction of sp³-hybridized carbons (Fsp3) is 0.500. The van der Waals surface area contributed by atoms with E-state index in [9.17, 15) is 0 Å². The van der Waals surface area contributed by atoms with E-state index in [1.807, 2.05) is 6.92 Å². The zero-order valence-electron chi connectivity index (χ0n) is 8.47. The van der Waals surface area contributed by atoms with Crippen molar-refractivity contribution in [2.24, 2.45) is 10.7 Å². The number of nitrogens with two attached hydrogens (primary N) is 1. The lowest BCUT2D eigenvalue weighted by molar-refractivity contribution is 1.07. The quantitative estimate of drug-likeness (QED) is 0.461. The third-order valence-corrected chi connectivity index (χ3v) is 1.85. The van der Waals surface area contributed by atoms with E-state index in [0.29, 0.717) is 12.4 Å². The summed E-state index contributed by atoms with van der Waals surface area (Å²) < 4.78 is 0.991. The molecule has 0 aromatic rings. The molecular weight excluding hydrogens is 228 g/mol. The van der Waals surface area contributed by atoms with Crippen LogP contribution in [0.15, 0.2) is 27.2 Å². The van der Waals surface area contributed by atoms with Gasteiger partial charge in [0.25, 0.3) is 0 Å². The highest BCUT2D eigenvalue weighted by atomic mass is 79.9. The highest BCUT2D eigenvalue weighted by Gasteiger charge is 1.86. The number of halogens is 1. The standard InChI is InChI=1S/C10H17BrN2/c1-4-8(2)5-6-13-10(12)7-9(3)11/h5,7H,4,6H2,1-3H3,(H2,12,13)/b8-5-,9-7+. The average molecular weight is 245 g/mol. The second kappa shape index (κ2) is 6.89. The van der Waals surface area contributed by atoms with Gasteiger partial charge in [-0.25, -0.2) is 0 Å². The molecule has 0 saturated carbocycles. The lowest BCUT2D eigenvalue weighted by atomic mass is 10.2. The molecule has 0 aliphatic rings. The normalized spacial score (nSPS) is 14.9. The van der Waals surface area contributed by atoms with Gasteiger partial charge in [-0.15, -0.1) is 0 Å². The Morgan fingerprint density at radius 2 is 2.08 bits per heavy atom. The summed E-state index contributed by atoms with van der Waals surface area (Å²) in [6.45, 7) is 6.82. The van der Waals surface area contributed by atoms with E-state index in [1.54, 1.807) is 6.08 Å². The van der Waals surface area contributed by atoms with Crippen LogP contribution in [0.5, 0.6) is 0 Å². The first kappa shape index (κ1) is 12.4. The predicted molar refractivity (Wildman–Crippen MR) is 63.2 cm³/mol. The molecule has 0 atom stereocenters. The van der Waals surface area contributed by atoms with Crippen LogP contribution in [0.2, 0.25) is 0 Å². The van der Waals surface area contributed by atoms with Crippen LogP contribution in [0, 0.1) is 0 Å². The second-order valence-corrected chi connectivity index (χ2v) is 4.15. The fourth-order valence-corrected chi connectivity index (χ4v) is 0.935. The van der Waals surface area contributed by atoms with E-state index < -0.39 is 0 Å². The van der Waals surface area contributed by atoms with Crippen LogP contribution in [0.4, 0.5) is 0 Å². The molecule has 0 bridgehead atoms. The van der Waals surface area contributed by atoms with Crippen LogP contribution < -0.4 is 5.73 Å². The second-order valence-electron chi connectivity index (χ2n) is 2.90. The summed E-state index contributed by atoms with van der Waals surface area (Å²) in [6.07, 6.45) is 4.96. The van der Waals surface area contributed by atoms with E-state index in [0.717, 1.165) is 10.9 Å². The molecular formula is C10H17BrN2. The summed E-state index contributed by atoms with van der Waals surface area (Å²) in [6, 6.07) is 0. The number of amidine groups is 1. The Bertz CT molecular complexity index is 235. The van der Waals surface area contributed by atoms with Crippen LogP contribution in [-0.2, 0) is 0 Å². The molecule has 0 fully saturated rings. The molecule has 0 aliphatic heterocycles. The molecule has 0 spiro atoms. The number of hydrogen-bond acceptors (Lipinski definition) is 1. The van der Waals surface area contributed by atoms with Crippen molar-refractivity contribution in [2.75, 3.05) is 6.54 Å². The highest BCUT2D eigenvalue weighted by molar-refractivity contribution is 9.11. The first-order chi connectivity index (χ1) is 6.06. The van der Waals surface area contributed by atoms with Gasteiger partial charge in [0.1, 0.15) is 5.84 Å². The molecule has 0 unspecified atom stereocenters. The zero-order valence-corrected chi connectivity index (χ0v) is 10.1. The monoisotopic (exact) mass is 244 g/mol. The molecule has 2 N–H and O–H groups in total. The Morgan fingerprint density at radius 3 is 2.54 bits per heavy atom. The van der Waals surface area contributed by atoms with Gasteiger partial charge in [0, 0.05) is 0 Å².